The van der Waals surface area contributed by atoms with Crippen molar-refractivity contribution in [3.8, 4) is 17.6 Å². The minimum absolute atomic E-state index is 0.336. The molecular formula is C19H17NO4. The Hall–Kier alpha value is -3.26. The predicted molar refractivity (Wildman–Crippen MR) is 90.6 cm³/mol. The first-order valence-electron chi connectivity index (χ1n) is 7.30. The fourth-order valence-corrected chi connectivity index (χ4v) is 2.08. The number of hydrogen-bond acceptors (Lipinski definition) is 4. The second-order valence-electron chi connectivity index (χ2n) is 5.04. The lowest BCUT2D eigenvalue weighted by molar-refractivity contribution is -0.144. The van der Waals surface area contributed by atoms with E-state index < -0.39 is 12.1 Å². The fourth-order valence-electron chi connectivity index (χ4n) is 2.08. The van der Waals surface area contributed by atoms with Gasteiger partial charge in [0.15, 0.2) is 17.6 Å². The molecule has 0 heterocycles. The summed E-state index contributed by atoms with van der Waals surface area (Å²) in [4.78, 5) is 10.9. The molecule has 0 aromatic heterocycles. The average molecular weight is 323 g/mol. The lowest BCUT2D eigenvalue weighted by Gasteiger charge is -2.14. The number of carboxylic acids is 1. The highest BCUT2D eigenvalue weighted by Gasteiger charge is 2.15. The number of rotatable bonds is 6. The van der Waals surface area contributed by atoms with Crippen LogP contribution in [0.15, 0.2) is 48.5 Å². The third-order valence-electron chi connectivity index (χ3n) is 3.36. The topological polar surface area (TPSA) is 79.5 Å². The Labute approximate surface area is 140 Å². The molecule has 24 heavy (non-hydrogen) atoms. The molecule has 5 nitrogen and oxygen atoms in total. The molecule has 0 bridgehead atoms. The third kappa shape index (κ3) is 4.14. The zero-order chi connectivity index (χ0) is 17.5. The van der Waals surface area contributed by atoms with E-state index in [1.54, 1.807) is 24.3 Å². The summed E-state index contributed by atoms with van der Waals surface area (Å²) in [6.45, 7) is 1.44. The van der Waals surface area contributed by atoms with Crippen LogP contribution in [-0.2, 0) is 4.79 Å². The number of methoxy groups -OCH3 is 1. The first kappa shape index (κ1) is 17.1. The molecule has 0 aliphatic carbocycles. The summed E-state index contributed by atoms with van der Waals surface area (Å²) in [5, 5.41) is 18.3. The van der Waals surface area contributed by atoms with Gasteiger partial charge in [0.25, 0.3) is 0 Å². The van der Waals surface area contributed by atoms with Crippen molar-refractivity contribution >= 4 is 17.6 Å². The van der Waals surface area contributed by atoms with E-state index in [4.69, 9.17) is 14.6 Å². The first-order valence-corrected chi connectivity index (χ1v) is 7.30. The number of nitriles is 1. The molecule has 0 aliphatic rings. The second kappa shape index (κ2) is 7.84. The van der Waals surface area contributed by atoms with Gasteiger partial charge < -0.3 is 14.6 Å². The van der Waals surface area contributed by atoms with Gasteiger partial charge in [-0.1, -0.05) is 36.4 Å². The Bertz CT molecular complexity index is 791. The molecule has 0 spiro atoms. The molecule has 0 saturated carbocycles. The first-order chi connectivity index (χ1) is 11.5. The molecule has 122 valence electrons. The molecule has 2 aromatic rings. The monoisotopic (exact) mass is 323 g/mol. The highest BCUT2D eigenvalue weighted by atomic mass is 16.5. The van der Waals surface area contributed by atoms with Crippen LogP contribution in [-0.4, -0.2) is 24.3 Å². The molecule has 2 aromatic carbocycles. The van der Waals surface area contributed by atoms with Crippen molar-refractivity contribution in [2.75, 3.05) is 7.11 Å². The summed E-state index contributed by atoms with van der Waals surface area (Å²) in [7, 11) is 1.48. The molecular weight excluding hydrogens is 306 g/mol. The van der Waals surface area contributed by atoms with Crippen LogP contribution in [0.25, 0.3) is 11.6 Å². The van der Waals surface area contributed by atoms with E-state index in [1.807, 2.05) is 30.3 Å². The van der Waals surface area contributed by atoms with Gasteiger partial charge in [0.05, 0.1) is 18.8 Å². The molecule has 0 saturated heterocycles. The number of carboxylic acid groups (broad SMARTS) is 1. The van der Waals surface area contributed by atoms with E-state index >= 15 is 0 Å². The van der Waals surface area contributed by atoms with Crippen LogP contribution >= 0.6 is 0 Å². The second-order valence-corrected chi connectivity index (χ2v) is 5.04. The molecule has 0 aliphatic heterocycles. The maximum absolute atomic E-state index is 10.9. The van der Waals surface area contributed by atoms with Crippen LogP contribution in [0.5, 0.6) is 11.5 Å². The summed E-state index contributed by atoms with van der Waals surface area (Å²) in [5.41, 5.74) is 2.09. The number of allylic oxidation sites excluding steroid dienone is 1. The minimum atomic E-state index is -1.06. The van der Waals surface area contributed by atoms with Gasteiger partial charge in [-0.2, -0.15) is 5.26 Å². The molecule has 0 fully saturated rings. The molecule has 2 rings (SSSR count). The molecule has 1 atom stereocenters. The number of aliphatic carboxylic acids is 1. The van der Waals surface area contributed by atoms with Gasteiger partial charge in [-0.05, 0) is 36.3 Å². The minimum Gasteiger partial charge on any atom is -0.493 e. The number of carbonyl (C=O) groups is 1. The predicted octanol–water partition coefficient (Wildman–Crippen LogP) is 3.61. The lowest BCUT2D eigenvalue weighted by Crippen LogP contribution is -2.23. The van der Waals surface area contributed by atoms with Crippen molar-refractivity contribution in [1.82, 2.24) is 0 Å². The largest absolute Gasteiger partial charge is 0.493 e. The molecule has 1 N–H and O–H groups in total. The number of hydrogen-bond donors (Lipinski definition) is 1. The number of nitrogens with zero attached hydrogens (tertiary/aromatic N) is 1. The van der Waals surface area contributed by atoms with Gasteiger partial charge in [0.1, 0.15) is 0 Å². The highest BCUT2D eigenvalue weighted by Crippen LogP contribution is 2.30. The van der Waals surface area contributed by atoms with Crippen molar-refractivity contribution in [3.05, 3.63) is 59.7 Å². The van der Waals surface area contributed by atoms with E-state index in [2.05, 4.69) is 6.07 Å². The van der Waals surface area contributed by atoms with Crippen molar-refractivity contribution in [3.63, 3.8) is 0 Å². The van der Waals surface area contributed by atoms with Gasteiger partial charge in [-0.15, -0.1) is 0 Å². The van der Waals surface area contributed by atoms with E-state index in [0.717, 1.165) is 11.1 Å². The summed E-state index contributed by atoms with van der Waals surface area (Å²) in [6.07, 6.45) is 0.752. The quantitative estimate of drug-likeness (QED) is 0.649. The van der Waals surface area contributed by atoms with E-state index in [1.165, 1.54) is 14.0 Å². The zero-order valence-electron chi connectivity index (χ0n) is 13.4. The Morgan fingerprint density at radius 3 is 2.50 bits per heavy atom. The van der Waals surface area contributed by atoms with Crippen molar-refractivity contribution < 1.29 is 19.4 Å². The summed E-state index contributed by atoms with van der Waals surface area (Å²) in [6, 6.07) is 16.6. The van der Waals surface area contributed by atoms with E-state index in [9.17, 15) is 10.1 Å². The van der Waals surface area contributed by atoms with Gasteiger partial charge in [0, 0.05) is 0 Å². The van der Waals surface area contributed by atoms with Gasteiger partial charge in [-0.3, -0.25) is 0 Å². The summed E-state index contributed by atoms with van der Waals surface area (Å²) < 4.78 is 10.6. The zero-order valence-corrected chi connectivity index (χ0v) is 13.4. The lowest BCUT2D eigenvalue weighted by atomic mass is 10.0. The number of benzene rings is 2. The number of ether oxygens (including phenoxy) is 2. The molecule has 0 radical (unpaired) electrons. The smallest absolute Gasteiger partial charge is 0.344 e. The van der Waals surface area contributed by atoms with Crippen LogP contribution in [0.3, 0.4) is 0 Å². The molecule has 5 heteroatoms. The summed E-state index contributed by atoms with van der Waals surface area (Å²) in [5.74, 6) is -0.318. The van der Waals surface area contributed by atoms with E-state index in [0.29, 0.717) is 17.1 Å². The van der Waals surface area contributed by atoms with E-state index in [-0.39, 0.29) is 0 Å². The van der Waals surface area contributed by atoms with Crippen molar-refractivity contribution in [2.45, 2.75) is 13.0 Å². The molecule has 0 unspecified atom stereocenters. The van der Waals surface area contributed by atoms with Gasteiger partial charge >= 0.3 is 5.97 Å². The van der Waals surface area contributed by atoms with Crippen LogP contribution in [0.4, 0.5) is 0 Å². The normalized spacial score (nSPS) is 12.1. The molecule has 0 amide bonds. The van der Waals surface area contributed by atoms with Gasteiger partial charge in [0.2, 0.25) is 0 Å². The third-order valence-corrected chi connectivity index (χ3v) is 3.36. The summed E-state index contributed by atoms with van der Waals surface area (Å²) >= 11 is 0. The van der Waals surface area contributed by atoms with Crippen LogP contribution in [0.1, 0.15) is 18.1 Å². The maximum Gasteiger partial charge on any atom is 0.344 e. The van der Waals surface area contributed by atoms with Crippen molar-refractivity contribution in [2.24, 2.45) is 0 Å². The fraction of sp³-hybridized carbons (Fsp3) is 0.158. The Morgan fingerprint density at radius 1 is 1.21 bits per heavy atom. The Balaban J connectivity index is 2.34. The van der Waals surface area contributed by atoms with Crippen LogP contribution < -0.4 is 9.47 Å². The SMILES string of the molecule is COc1cc(/C=C(\C#N)c2ccccc2)ccc1O[C@H](C)C(=O)O. The Kier molecular flexibility index (Phi) is 5.58. The van der Waals surface area contributed by atoms with Crippen LogP contribution in [0, 0.1) is 11.3 Å². The standard InChI is InChI=1S/C19H17NO4/c1-13(19(21)22)24-17-9-8-14(11-18(17)23-2)10-16(12-20)15-6-4-3-5-7-15/h3-11,13H,1-2H3,(H,21,22)/b16-10+/t13-/m1/s1. The van der Waals surface area contributed by atoms with Gasteiger partial charge in [-0.25, -0.2) is 4.79 Å². The average Bonchev–Trinajstić information content (AvgIpc) is 2.61. The van der Waals surface area contributed by atoms with Crippen LogP contribution in [0.2, 0.25) is 0 Å². The Morgan fingerprint density at radius 2 is 1.92 bits per heavy atom. The maximum atomic E-state index is 10.9. The van der Waals surface area contributed by atoms with Crippen molar-refractivity contribution in [1.29, 1.82) is 5.26 Å². The highest BCUT2D eigenvalue weighted by molar-refractivity contribution is 5.89.